The highest BCUT2D eigenvalue weighted by atomic mass is 32.2. The van der Waals surface area contributed by atoms with Crippen molar-refractivity contribution >= 4 is 27.3 Å². The average molecular weight is 373 g/mol. The lowest BCUT2D eigenvalue weighted by molar-refractivity contribution is -0.0585. The summed E-state index contributed by atoms with van der Waals surface area (Å²) in [6.07, 6.45) is 2.87. The van der Waals surface area contributed by atoms with Crippen LogP contribution in [0.15, 0.2) is 16.3 Å². The van der Waals surface area contributed by atoms with Crippen molar-refractivity contribution in [1.82, 2.24) is 9.21 Å². The minimum absolute atomic E-state index is 0.00536. The highest BCUT2D eigenvalue weighted by Crippen LogP contribution is 2.26. The van der Waals surface area contributed by atoms with Crippen molar-refractivity contribution in [3.05, 3.63) is 16.3 Å². The zero-order valence-corrected chi connectivity index (χ0v) is 15.7. The predicted octanol–water partition coefficient (Wildman–Crippen LogP) is 2.17. The molecular weight excluding hydrogens is 348 g/mol. The number of rotatable bonds is 3. The van der Waals surface area contributed by atoms with E-state index < -0.39 is 10.0 Å². The molecule has 0 bridgehead atoms. The van der Waals surface area contributed by atoms with Gasteiger partial charge >= 0.3 is 0 Å². The van der Waals surface area contributed by atoms with Crippen molar-refractivity contribution in [2.75, 3.05) is 26.2 Å². The first-order valence-electron chi connectivity index (χ1n) is 8.41. The van der Waals surface area contributed by atoms with Crippen LogP contribution >= 0.6 is 11.3 Å². The molecule has 1 aromatic rings. The van der Waals surface area contributed by atoms with Crippen molar-refractivity contribution in [2.24, 2.45) is 0 Å². The number of piperidine rings is 1. The van der Waals surface area contributed by atoms with Gasteiger partial charge in [0.05, 0.1) is 22.0 Å². The lowest BCUT2D eigenvalue weighted by atomic mass is 10.2. The Balaban J connectivity index is 1.76. The molecule has 0 spiro atoms. The van der Waals surface area contributed by atoms with E-state index in [0.29, 0.717) is 31.1 Å². The topological polar surface area (TPSA) is 66.9 Å². The summed E-state index contributed by atoms with van der Waals surface area (Å²) >= 11 is 1.21. The Morgan fingerprint density at radius 2 is 1.79 bits per heavy atom. The zero-order chi connectivity index (χ0) is 17.3. The summed E-state index contributed by atoms with van der Waals surface area (Å²) < 4.78 is 32.6. The van der Waals surface area contributed by atoms with Gasteiger partial charge in [0.15, 0.2) is 0 Å². The summed E-state index contributed by atoms with van der Waals surface area (Å²) in [5, 5.41) is 1.59. The number of thiophene rings is 1. The Bertz CT molecular complexity index is 685. The van der Waals surface area contributed by atoms with Gasteiger partial charge in [0.2, 0.25) is 10.0 Å². The number of nitrogens with zero attached hydrogens (tertiary/aromatic N) is 2. The minimum Gasteiger partial charge on any atom is -0.372 e. The number of amides is 1. The van der Waals surface area contributed by atoms with Gasteiger partial charge in [0.25, 0.3) is 5.91 Å². The molecular formula is C16H24N2O4S2. The molecule has 1 amide bonds. The van der Waals surface area contributed by atoms with Gasteiger partial charge in [0, 0.05) is 31.6 Å². The molecule has 2 fully saturated rings. The molecule has 0 aliphatic carbocycles. The fourth-order valence-electron chi connectivity index (χ4n) is 3.32. The van der Waals surface area contributed by atoms with Crippen LogP contribution in [0.5, 0.6) is 0 Å². The summed E-state index contributed by atoms with van der Waals surface area (Å²) in [6, 6.07) is 1.53. The molecule has 2 aliphatic heterocycles. The zero-order valence-electron chi connectivity index (χ0n) is 14.1. The SMILES string of the molecule is C[C@@H]1CN(C(=O)c2cc(S(=O)(=O)N3CCCCC3)cs2)C[C@@H](C)O1. The van der Waals surface area contributed by atoms with Gasteiger partial charge in [-0.1, -0.05) is 6.42 Å². The molecule has 134 valence electrons. The second-order valence-corrected chi connectivity index (χ2v) is 9.43. The third-order valence-electron chi connectivity index (χ3n) is 4.45. The highest BCUT2D eigenvalue weighted by molar-refractivity contribution is 7.89. The fraction of sp³-hybridized carbons (Fsp3) is 0.688. The molecule has 6 nitrogen and oxygen atoms in total. The Morgan fingerprint density at radius 1 is 1.17 bits per heavy atom. The van der Waals surface area contributed by atoms with Crippen molar-refractivity contribution in [1.29, 1.82) is 0 Å². The van der Waals surface area contributed by atoms with E-state index in [1.54, 1.807) is 10.3 Å². The van der Waals surface area contributed by atoms with Crippen molar-refractivity contribution < 1.29 is 17.9 Å². The summed E-state index contributed by atoms with van der Waals surface area (Å²) in [6.45, 7) is 6.09. The first kappa shape index (κ1) is 17.8. The van der Waals surface area contributed by atoms with Crippen LogP contribution in [0.4, 0.5) is 0 Å². The van der Waals surface area contributed by atoms with Crippen LogP contribution < -0.4 is 0 Å². The standard InChI is InChI=1S/C16H24N2O4S2/c1-12-9-17(10-13(2)22-12)16(19)15-8-14(11-23-15)24(20,21)18-6-4-3-5-7-18/h8,11-13H,3-7,9-10H2,1-2H3/t12-,13-/m1/s1. The second kappa shape index (κ2) is 7.11. The van der Waals surface area contributed by atoms with Crippen LogP contribution in [0.2, 0.25) is 0 Å². The van der Waals surface area contributed by atoms with E-state index in [1.807, 2.05) is 13.8 Å². The van der Waals surface area contributed by atoms with E-state index in [0.717, 1.165) is 19.3 Å². The first-order valence-corrected chi connectivity index (χ1v) is 10.7. The predicted molar refractivity (Wildman–Crippen MR) is 92.8 cm³/mol. The minimum atomic E-state index is -3.48. The van der Waals surface area contributed by atoms with E-state index in [4.69, 9.17) is 4.74 Å². The average Bonchev–Trinajstić information content (AvgIpc) is 3.05. The van der Waals surface area contributed by atoms with E-state index in [-0.39, 0.29) is 23.0 Å². The molecule has 2 atom stereocenters. The molecule has 3 heterocycles. The maximum absolute atomic E-state index is 12.7. The number of hydrogen-bond acceptors (Lipinski definition) is 5. The molecule has 3 rings (SSSR count). The molecule has 0 unspecified atom stereocenters. The number of carbonyl (C=O) groups is 1. The summed E-state index contributed by atoms with van der Waals surface area (Å²) in [7, 11) is -3.48. The normalized spacial score (nSPS) is 26.5. The monoisotopic (exact) mass is 372 g/mol. The summed E-state index contributed by atoms with van der Waals surface area (Å²) in [5.74, 6) is -0.109. The molecule has 0 N–H and O–H groups in total. The third-order valence-corrected chi connectivity index (χ3v) is 7.39. The van der Waals surface area contributed by atoms with Crippen LogP contribution in [0.3, 0.4) is 0 Å². The molecule has 2 saturated heterocycles. The van der Waals surface area contributed by atoms with Gasteiger partial charge in [-0.05, 0) is 32.8 Å². The summed E-state index contributed by atoms with van der Waals surface area (Å²) in [4.78, 5) is 15.2. The van der Waals surface area contributed by atoms with Crippen molar-refractivity contribution in [2.45, 2.75) is 50.2 Å². The van der Waals surface area contributed by atoms with Gasteiger partial charge in [-0.3, -0.25) is 4.79 Å². The largest absolute Gasteiger partial charge is 0.372 e. The summed E-state index contributed by atoms with van der Waals surface area (Å²) in [5.41, 5.74) is 0. The lowest BCUT2D eigenvalue weighted by Gasteiger charge is -2.35. The van der Waals surface area contributed by atoms with E-state index in [1.165, 1.54) is 21.7 Å². The first-order chi connectivity index (χ1) is 11.4. The number of carbonyl (C=O) groups excluding carboxylic acids is 1. The molecule has 24 heavy (non-hydrogen) atoms. The maximum Gasteiger partial charge on any atom is 0.264 e. The molecule has 0 aromatic carbocycles. The van der Waals surface area contributed by atoms with Crippen LogP contribution in [0.1, 0.15) is 42.8 Å². The van der Waals surface area contributed by atoms with Gasteiger partial charge in [-0.15, -0.1) is 11.3 Å². The molecule has 1 aromatic heterocycles. The maximum atomic E-state index is 12.7. The highest BCUT2D eigenvalue weighted by Gasteiger charge is 2.30. The van der Waals surface area contributed by atoms with Gasteiger partial charge in [0.1, 0.15) is 0 Å². The number of ether oxygens (including phenoxy) is 1. The Hall–Kier alpha value is -0.960. The number of sulfonamides is 1. The number of hydrogen-bond donors (Lipinski definition) is 0. The van der Waals surface area contributed by atoms with Crippen LogP contribution in [0, 0.1) is 0 Å². The van der Waals surface area contributed by atoms with Crippen molar-refractivity contribution in [3.8, 4) is 0 Å². The molecule has 0 radical (unpaired) electrons. The quantitative estimate of drug-likeness (QED) is 0.816. The van der Waals surface area contributed by atoms with Crippen LogP contribution in [-0.2, 0) is 14.8 Å². The molecule has 2 aliphatic rings. The third kappa shape index (κ3) is 3.66. The number of morpholine rings is 1. The van der Waals surface area contributed by atoms with Gasteiger partial charge < -0.3 is 9.64 Å². The molecule has 0 saturated carbocycles. The van der Waals surface area contributed by atoms with Gasteiger partial charge in [-0.25, -0.2) is 8.42 Å². The van der Waals surface area contributed by atoms with E-state index >= 15 is 0 Å². The Kier molecular flexibility index (Phi) is 5.29. The van der Waals surface area contributed by atoms with E-state index in [2.05, 4.69) is 0 Å². The van der Waals surface area contributed by atoms with Gasteiger partial charge in [-0.2, -0.15) is 4.31 Å². The van der Waals surface area contributed by atoms with Crippen LogP contribution in [-0.4, -0.2) is 61.9 Å². The Labute approximate surface area is 147 Å². The van der Waals surface area contributed by atoms with Crippen molar-refractivity contribution in [3.63, 3.8) is 0 Å². The fourth-order valence-corrected chi connectivity index (χ4v) is 6.07. The van der Waals surface area contributed by atoms with Crippen LogP contribution in [0.25, 0.3) is 0 Å². The van der Waals surface area contributed by atoms with E-state index in [9.17, 15) is 13.2 Å². The smallest absolute Gasteiger partial charge is 0.264 e. The molecule has 8 heteroatoms. The lowest BCUT2D eigenvalue weighted by Crippen LogP contribution is -2.48. The Morgan fingerprint density at radius 3 is 2.42 bits per heavy atom. The second-order valence-electron chi connectivity index (χ2n) is 6.58.